The molecule has 1 aliphatic rings. The van der Waals surface area contributed by atoms with Crippen LogP contribution in [0.3, 0.4) is 0 Å². The normalized spacial score (nSPS) is 17.3. The molecule has 0 N–H and O–H groups in total. The Labute approximate surface area is 313 Å². The van der Waals surface area contributed by atoms with Gasteiger partial charge in [0.05, 0.1) is 36.6 Å². The average Bonchev–Trinajstić information content (AvgIpc) is 3.66. The molecular weight excluding hydrogens is 733 g/mol. The summed E-state index contributed by atoms with van der Waals surface area (Å²) in [6.45, 7) is 4.35. The number of esters is 2. The fourth-order valence-electron chi connectivity index (χ4n) is 5.12. The highest BCUT2D eigenvalue weighted by atomic mass is 32.2. The van der Waals surface area contributed by atoms with Gasteiger partial charge in [-0.2, -0.15) is 10.4 Å². The molecule has 2 heterocycles. The van der Waals surface area contributed by atoms with Crippen LogP contribution in [0.2, 0.25) is 0 Å². The molecular formula is C37H37F3N4O9S. The van der Waals surface area contributed by atoms with Crippen molar-refractivity contribution >= 4 is 35.9 Å². The molecule has 1 fully saturated rings. The third kappa shape index (κ3) is 12.3. The molecule has 17 heteroatoms. The number of nitriles is 1. The van der Waals surface area contributed by atoms with Crippen LogP contribution in [0.1, 0.15) is 42.9 Å². The molecule has 4 rings (SSSR count). The lowest BCUT2D eigenvalue weighted by molar-refractivity contribution is -0.155. The standard InChI is InChI=1S/C37H37F3N4O9S/c1-3-15-48-33(45)8-6-9-34(46)51-24-52-36(47)53-37(21-44-23-42-22-43-44,30-14-13-28(38)17-32(30)40)25(2)54-29-19-49-35(50-20-29)10-5-4-7-27-12-11-26(18-41)16-31(27)39/h3-5,7,10-14,16-17,22-23,25,29,35H,1,6,8-9,15,19-21,24H2,2H3/b7-4+,10-5+/t25-,29?,35?,37-/m1/s1. The number of hydrogen-bond acceptors (Lipinski definition) is 13. The lowest BCUT2D eigenvalue weighted by atomic mass is 9.89. The van der Waals surface area contributed by atoms with Crippen LogP contribution in [-0.2, 0) is 50.2 Å². The molecule has 286 valence electrons. The Hall–Kier alpha value is -5.44. The maximum absolute atomic E-state index is 15.6. The van der Waals surface area contributed by atoms with Crippen molar-refractivity contribution in [3.8, 4) is 6.07 Å². The van der Waals surface area contributed by atoms with Crippen molar-refractivity contribution in [2.45, 2.75) is 55.1 Å². The number of thioether (sulfide) groups is 1. The van der Waals surface area contributed by atoms with Gasteiger partial charge in [0.15, 0.2) is 11.9 Å². The first-order valence-corrected chi connectivity index (χ1v) is 17.5. The number of allylic oxidation sites excluding steroid dienone is 2. The van der Waals surface area contributed by atoms with E-state index in [1.807, 2.05) is 6.07 Å². The molecule has 1 saturated heterocycles. The molecule has 1 aromatic heterocycles. The molecule has 2 aromatic carbocycles. The van der Waals surface area contributed by atoms with Crippen molar-refractivity contribution in [1.82, 2.24) is 14.8 Å². The van der Waals surface area contributed by atoms with E-state index in [-0.39, 0.29) is 62.0 Å². The second-order valence-corrected chi connectivity index (χ2v) is 13.2. The Morgan fingerprint density at radius 1 is 1.07 bits per heavy atom. The van der Waals surface area contributed by atoms with Crippen molar-refractivity contribution in [3.05, 3.63) is 114 Å². The van der Waals surface area contributed by atoms with Gasteiger partial charge in [-0.25, -0.2) is 27.6 Å². The summed E-state index contributed by atoms with van der Waals surface area (Å²) in [5.74, 6) is -3.68. The summed E-state index contributed by atoms with van der Waals surface area (Å²) >= 11 is 1.24. The van der Waals surface area contributed by atoms with Gasteiger partial charge in [-0.1, -0.05) is 36.9 Å². The second kappa shape index (κ2) is 20.7. The van der Waals surface area contributed by atoms with Crippen molar-refractivity contribution in [3.63, 3.8) is 0 Å². The largest absolute Gasteiger partial charge is 0.512 e. The van der Waals surface area contributed by atoms with Crippen LogP contribution in [0.5, 0.6) is 0 Å². The molecule has 1 aliphatic heterocycles. The molecule has 2 atom stereocenters. The third-order valence-electron chi connectivity index (χ3n) is 7.77. The highest BCUT2D eigenvalue weighted by Crippen LogP contribution is 2.42. The van der Waals surface area contributed by atoms with Crippen molar-refractivity contribution in [2.75, 3.05) is 26.6 Å². The van der Waals surface area contributed by atoms with E-state index >= 15 is 4.39 Å². The number of carbonyl (C=O) groups is 3. The first kappa shape index (κ1) is 41.3. The number of halogens is 3. The quantitative estimate of drug-likeness (QED) is 0.0477. The van der Waals surface area contributed by atoms with Crippen LogP contribution in [-0.4, -0.2) is 76.3 Å². The van der Waals surface area contributed by atoms with Crippen molar-refractivity contribution in [2.24, 2.45) is 0 Å². The predicted octanol–water partition coefficient (Wildman–Crippen LogP) is 6.15. The van der Waals surface area contributed by atoms with Crippen LogP contribution in [0, 0.1) is 28.8 Å². The molecule has 13 nitrogen and oxygen atoms in total. The Morgan fingerprint density at radius 2 is 1.83 bits per heavy atom. The zero-order valence-electron chi connectivity index (χ0n) is 29.1. The van der Waals surface area contributed by atoms with Crippen molar-refractivity contribution < 1.29 is 56.0 Å². The third-order valence-corrected chi connectivity index (χ3v) is 9.21. The van der Waals surface area contributed by atoms with E-state index < -0.39 is 59.5 Å². The van der Waals surface area contributed by atoms with E-state index in [0.717, 1.165) is 18.2 Å². The van der Waals surface area contributed by atoms with Crippen LogP contribution in [0.4, 0.5) is 18.0 Å². The maximum Gasteiger partial charge on any atom is 0.512 e. The monoisotopic (exact) mass is 770 g/mol. The van der Waals surface area contributed by atoms with E-state index in [4.69, 9.17) is 33.7 Å². The average molecular weight is 771 g/mol. The molecule has 0 aliphatic carbocycles. The van der Waals surface area contributed by atoms with Crippen molar-refractivity contribution in [1.29, 1.82) is 5.26 Å². The topological polar surface area (TPSA) is 161 Å². The summed E-state index contributed by atoms with van der Waals surface area (Å²) in [6.07, 6.45) is 8.19. The summed E-state index contributed by atoms with van der Waals surface area (Å²) in [4.78, 5) is 40.8. The van der Waals surface area contributed by atoms with Gasteiger partial charge in [0.1, 0.15) is 36.7 Å². The van der Waals surface area contributed by atoms with Crippen LogP contribution in [0.25, 0.3) is 6.08 Å². The first-order chi connectivity index (χ1) is 26.0. The SMILES string of the molecule is C=CCOC(=O)CCCC(=O)OCOC(=O)O[C@@](Cn1cncn1)(c1ccc(F)cc1F)[C@@H](C)SC1COC(/C=C/C=C/c2ccc(C#N)cc2F)OC1. The molecule has 54 heavy (non-hydrogen) atoms. The Balaban J connectivity index is 1.42. The molecule has 3 aromatic rings. The Bertz CT molecular complexity index is 1850. The molecule has 0 amide bonds. The molecule has 0 spiro atoms. The highest BCUT2D eigenvalue weighted by molar-refractivity contribution is 8.00. The predicted molar refractivity (Wildman–Crippen MR) is 187 cm³/mol. The Morgan fingerprint density at radius 3 is 2.50 bits per heavy atom. The van der Waals surface area contributed by atoms with E-state index in [0.29, 0.717) is 11.6 Å². The van der Waals surface area contributed by atoms with Crippen LogP contribution < -0.4 is 0 Å². The molecule has 0 unspecified atom stereocenters. The fraction of sp³-hybridized carbons (Fsp3) is 0.351. The summed E-state index contributed by atoms with van der Waals surface area (Å²) in [5, 5.41) is 11.8. The number of benzene rings is 2. The molecule has 0 bridgehead atoms. The van der Waals surface area contributed by atoms with Gasteiger partial charge >= 0.3 is 18.1 Å². The van der Waals surface area contributed by atoms with E-state index in [9.17, 15) is 23.2 Å². The Kier molecular flexibility index (Phi) is 15.8. The number of carbonyl (C=O) groups excluding carboxylic acids is 3. The van der Waals surface area contributed by atoms with Gasteiger partial charge in [0.25, 0.3) is 0 Å². The smallest absolute Gasteiger partial charge is 0.461 e. The fourth-order valence-corrected chi connectivity index (χ4v) is 6.48. The minimum absolute atomic E-state index is 0.0372. The number of aromatic nitrogens is 3. The summed E-state index contributed by atoms with van der Waals surface area (Å²) in [5.41, 5.74) is -1.58. The van der Waals surface area contributed by atoms with E-state index in [1.54, 1.807) is 25.2 Å². The second-order valence-electron chi connectivity index (χ2n) is 11.6. The van der Waals surface area contributed by atoms with Gasteiger partial charge in [-0.3, -0.25) is 9.59 Å². The molecule has 0 radical (unpaired) electrons. The first-order valence-electron chi connectivity index (χ1n) is 16.5. The molecule has 0 saturated carbocycles. The van der Waals surface area contributed by atoms with E-state index in [2.05, 4.69) is 16.7 Å². The zero-order chi connectivity index (χ0) is 38.9. The number of hydrogen-bond donors (Lipinski definition) is 0. The summed E-state index contributed by atoms with van der Waals surface area (Å²) in [6, 6.07) is 8.84. The van der Waals surface area contributed by atoms with E-state index in [1.165, 1.54) is 53.4 Å². The van der Waals surface area contributed by atoms with Gasteiger partial charge in [-0.15, -0.1) is 11.8 Å². The number of rotatable bonds is 18. The minimum atomic E-state index is -1.90. The summed E-state index contributed by atoms with van der Waals surface area (Å²) in [7, 11) is 0. The van der Waals surface area contributed by atoms with Crippen LogP contribution >= 0.6 is 11.8 Å². The summed E-state index contributed by atoms with van der Waals surface area (Å²) < 4.78 is 77.5. The number of nitrogens with zero attached hydrogens (tertiary/aromatic N) is 4. The maximum atomic E-state index is 15.6. The lowest BCUT2D eigenvalue weighted by Crippen LogP contribution is -2.47. The number of ether oxygens (including phenoxy) is 6. The lowest BCUT2D eigenvalue weighted by Gasteiger charge is -2.40. The van der Waals surface area contributed by atoms with Gasteiger partial charge in [-0.05, 0) is 43.7 Å². The van der Waals surface area contributed by atoms with Gasteiger partial charge in [0.2, 0.25) is 6.79 Å². The highest BCUT2D eigenvalue weighted by Gasteiger charge is 2.47. The minimum Gasteiger partial charge on any atom is -0.461 e. The van der Waals surface area contributed by atoms with Gasteiger partial charge in [0, 0.05) is 35.3 Å². The van der Waals surface area contributed by atoms with Crippen LogP contribution in [0.15, 0.2) is 79.9 Å². The van der Waals surface area contributed by atoms with Gasteiger partial charge < -0.3 is 28.4 Å². The zero-order valence-corrected chi connectivity index (χ0v) is 29.9.